The molecule has 3 heterocycles. The van der Waals surface area contributed by atoms with E-state index in [1.807, 2.05) is 25.1 Å². The molecule has 4 rings (SSSR count). The summed E-state index contributed by atoms with van der Waals surface area (Å²) < 4.78 is 5.90. The van der Waals surface area contributed by atoms with E-state index in [4.69, 9.17) is 16.3 Å². The van der Waals surface area contributed by atoms with Crippen molar-refractivity contribution in [2.45, 2.75) is 25.5 Å². The third kappa shape index (κ3) is 3.40. The number of carbonyl (C=O) groups excluding carboxylic acids is 1. The third-order valence-corrected chi connectivity index (χ3v) is 5.70. The lowest BCUT2D eigenvalue weighted by molar-refractivity contribution is 0.0205. The molecule has 7 heteroatoms. The predicted molar refractivity (Wildman–Crippen MR) is 103 cm³/mol. The van der Waals surface area contributed by atoms with E-state index in [1.165, 1.54) is 10.4 Å². The van der Waals surface area contributed by atoms with Gasteiger partial charge in [0.2, 0.25) is 0 Å². The zero-order chi connectivity index (χ0) is 18.1. The molecule has 0 saturated heterocycles. The molecule has 134 valence electrons. The fourth-order valence-electron chi connectivity index (χ4n) is 3.18. The van der Waals surface area contributed by atoms with Crippen molar-refractivity contribution < 1.29 is 9.53 Å². The second-order valence-electron chi connectivity index (χ2n) is 6.28. The van der Waals surface area contributed by atoms with Gasteiger partial charge in [0, 0.05) is 21.9 Å². The van der Waals surface area contributed by atoms with Crippen LogP contribution in [0.2, 0.25) is 5.02 Å². The number of aromatic nitrogens is 2. The lowest BCUT2D eigenvalue weighted by Gasteiger charge is -2.29. The molecule has 1 amide bonds. The highest BCUT2D eigenvalue weighted by Crippen LogP contribution is 2.33. The molecule has 2 N–H and O–H groups in total. The standard InChI is InChI=1S/C19H18ClN3O2S/c1-11(18-14-6-8-26-17(14)5-7-25-18)21-19(24)16-10-15(22-23-16)12-3-2-4-13(20)9-12/h2-4,6,8-11,18H,5,7H2,1H3,(H,21,24)(H,22,23). The Kier molecular flexibility index (Phi) is 4.80. The van der Waals surface area contributed by atoms with Gasteiger partial charge in [-0.05, 0) is 42.1 Å². The van der Waals surface area contributed by atoms with Crippen LogP contribution in [-0.4, -0.2) is 28.8 Å². The highest BCUT2D eigenvalue weighted by atomic mass is 35.5. The number of carbonyl (C=O) groups is 1. The van der Waals surface area contributed by atoms with Gasteiger partial charge in [0.1, 0.15) is 11.8 Å². The van der Waals surface area contributed by atoms with Crippen LogP contribution >= 0.6 is 22.9 Å². The second-order valence-corrected chi connectivity index (χ2v) is 7.72. The van der Waals surface area contributed by atoms with E-state index in [-0.39, 0.29) is 18.1 Å². The Morgan fingerprint density at radius 2 is 2.31 bits per heavy atom. The van der Waals surface area contributed by atoms with Crippen molar-refractivity contribution in [2.75, 3.05) is 6.61 Å². The maximum Gasteiger partial charge on any atom is 0.269 e. The van der Waals surface area contributed by atoms with E-state index >= 15 is 0 Å². The first kappa shape index (κ1) is 17.3. The van der Waals surface area contributed by atoms with Gasteiger partial charge >= 0.3 is 0 Å². The minimum atomic E-state index is -0.204. The molecule has 1 aliphatic heterocycles. The summed E-state index contributed by atoms with van der Waals surface area (Å²) in [5.74, 6) is -0.204. The van der Waals surface area contributed by atoms with Crippen molar-refractivity contribution in [3.8, 4) is 11.3 Å². The van der Waals surface area contributed by atoms with Crippen LogP contribution in [0.4, 0.5) is 0 Å². The molecule has 2 atom stereocenters. The molecule has 2 unspecified atom stereocenters. The first-order valence-electron chi connectivity index (χ1n) is 8.42. The van der Waals surface area contributed by atoms with E-state index in [2.05, 4.69) is 27.0 Å². The molecule has 0 spiro atoms. The highest BCUT2D eigenvalue weighted by molar-refractivity contribution is 7.10. The van der Waals surface area contributed by atoms with E-state index in [9.17, 15) is 4.79 Å². The normalized spacial score (nSPS) is 17.5. The maximum absolute atomic E-state index is 12.6. The van der Waals surface area contributed by atoms with Crippen molar-refractivity contribution in [2.24, 2.45) is 0 Å². The summed E-state index contributed by atoms with van der Waals surface area (Å²) >= 11 is 7.76. The van der Waals surface area contributed by atoms with Crippen molar-refractivity contribution in [1.29, 1.82) is 0 Å². The molecule has 0 radical (unpaired) electrons. The number of hydrogen-bond donors (Lipinski definition) is 2. The van der Waals surface area contributed by atoms with E-state index < -0.39 is 0 Å². The van der Waals surface area contributed by atoms with Crippen LogP contribution in [0.5, 0.6) is 0 Å². The quantitative estimate of drug-likeness (QED) is 0.704. The lowest BCUT2D eigenvalue weighted by Crippen LogP contribution is -2.39. The number of thiophene rings is 1. The van der Waals surface area contributed by atoms with Gasteiger partial charge in [-0.2, -0.15) is 5.10 Å². The average molecular weight is 388 g/mol. The molecule has 0 fully saturated rings. The fraction of sp³-hybridized carbons (Fsp3) is 0.263. The Balaban J connectivity index is 1.48. The topological polar surface area (TPSA) is 67.0 Å². The van der Waals surface area contributed by atoms with Gasteiger partial charge in [-0.15, -0.1) is 11.3 Å². The summed E-state index contributed by atoms with van der Waals surface area (Å²) in [6, 6.07) is 11.0. The first-order chi connectivity index (χ1) is 12.6. The minimum absolute atomic E-state index is 0.121. The molecule has 3 aromatic rings. The SMILES string of the molecule is CC(NC(=O)c1cc(-c2cccc(Cl)c2)n[nH]1)C1OCCc2sccc21. The molecule has 0 saturated carbocycles. The lowest BCUT2D eigenvalue weighted by atomic mass is 10.0. The number of fused-ring (bicyclic) bond motifs is 1. The number of halogens is 1. The summed E-state index contributed by atoms with van der Waals surface area (Å²) in [5.41, 5.74) is 3.13. The molecule has 0 aliphatic carbocycles. The number of H-pyrrole nitrogens is 1. The summed E-state index contributed by atoms with van der Waals surface area (Å²) in [7, 11) is 0. The Labute approximate surface area is 160 Å². The number of ether oxygens (including phenoxy) is 1. The Morgan fingerprint density at radius 3 is 3.15 bits per heavy atom. The highest BCUT2D eigenvalue weighted by Gasteiger charge is 2.28. The summed E-state index contributed by atoms with van der Waals surface area (Å²) in [4.78, 5) is 13.9. The van der Waals surface area contributed by atoms with Gasteiger partial charge in [-0.1, -0.05) is 23.7 Å². The Morgan fingerprint density at radius 1 is 1.42 bits per heavy atom. The maximum atomic E-state index is 12.6. The van der Waals surface area contributed by atoms with Crippen molar-refractivity contribution >= 4 is 28.8 Å². The van der Waals surface area contributed by atoms with Crippen LogP contribution in [0.1, 0.15) is 34.0 Å². The number of aromatic amines is 1. The number of amides is 1. The van der Waals surface area contributed by atoms with Crippen LogP contribution in [0.15, 0.2) is 41.8 Å². The van der Waals surface area contributed by atoms with Crippen LogP contribution in [0.25, 0.3) is 11.3 Å². The first-order valence-corrected chi connectivity index (χ1v) is 9.67. The fourth-order valence-corrected chi connectivity index (χ4v) is 4.27. The molecular weight excluding hydrogens is 370 g/mol. The Bertz CT molecular complexity index is 936. The second kappa shape index (κ2) is 7.23. The largest absolute Gasteiger partial charge is 0.371 e. The van der Waals surface area contributed by atoms with Gasteiger partial charge in [-0.25, -0.2) is 0 Å². The van der Waals surface area contributed by atoms with Gasteiger partial charge < -0.3 is 10.1 Å². The van der Waals surface area contributed by atoms with Crippen LogP contribution in [0.3, 0.4) is 0 Å². The summed E-state index contributed by atoms with van der Waals surface area (Å²) in [6.45, 7) is 2.64. The van der Waals surface area contributed by atoms with Gasteiger partial charge in [0.05, 0.1) is 18.3 Å². The number of nitrogens with zero attached hydrogens (tertiary/aromatic N) is 1. The molecule has 2 aromatic heterocycles. The number of rotatable bonds is 4. The average Bonchev–Trinajstić information content (AvgIpc) is 3.30. The molecule has 1 aliphatic rings. The number of benzene rings is 1. The molecule has 1 aromatic carbocycles. The molecular formula is C19H18ClN3O2S. The van der Waals surface area contributed by atoms with E-state index in [1.54, 1.807) is 23.5 Å². The van der Waals surface area contributed by atoms with Crippen molar-refractivity contribution in [3.05, 3.63) is 62.9 Å². The Hall–Kier alpha value is -2.15. The predicted octanol–water partition coefficient (Wildman–Crippen LogP) is 4.22. The molecule has 26 heavy (non-hydrogen) atoms. The van der Waals surface area contributed by atoms with Gasteiger partial charge in [0.25, 0.3) is 5.91 Å². The van der Waals surface area contributed by atoms with Gasteiger partial charge in [-0.3, -0.25) is 9.89 Å². The van der Waals surface area contributed by atoms with Gasteiger partial charge in [0.15, 0.2) is 0 Å². The smallest absolute Gasteiger partial charge is 0.269 e. The number of hydrogen-bond acceptors (Lipinski definition) is 4. The zero-order valence-electron chi connectivity index (χ0n) is 14.2. The van der Waals surface area contributed by atoms with Crippen LogP contribution in [-0.2, 0) is 11.2 Å². The number of nitrogens with one attached hydrogen (secondary N) is 2. The molecule has 0 bridgehead atoms. The van der Waals surface area contributed by atoms with Crippen LogP contribution < -0.4 is 5.32 Å². The summed E-state index contributed by atoms with van der Waals surface area (Å²) in [6.07, 6.45) is 0.817. The van der Waals surface area contributed by atoms with Crippen molar-refractivity contribution in [3.63, 3.8) is 0 Å². The third-order valence-electron chi connectivity index (χ3n) is 4.47. The summed E-state index contributed by atoms with van der Waals surface area (Å²) in [5, 5.41) is 12.7. The monoisotopic (exact) mass is 387 g/mol. The van der Waals surface area contributed by atoms with Crippen molar-refractivity contribution in [1.82, 2.24) is 15.5 Å². The van der Waals surface area contributed by atoms with E-state index in [0.29, 0.717) is 23.0 Å². The van der Waals surface area contributed by atoms with Crippen LogP contribution in [0, 0.1) is 0 Å². The molecule has 5 nitrogen and oxygen atoms in total. The van der Waals surface area contributed by atoms with E-state index in [0.717, 1.165) is 12.0 Å². The minimum Gasteiger partial charge on any atom is -0.371 e. The zero-order valence-corrected chi connectivity index (χ0v) is 15.7.